The van der Waals surface area contributed by atoms with Crippen molar-refractivity contribution in [1.29, 1.82) is 0 Å². The summed E-state index contributed by atoms with van der Waals surface area (Å²) in [6.07, 6.45) is 5.22. The van der Waals surface area contributed by atoms with E-state index >= 15 is 0 Å². The molecule has 3 aromatic rings. The quantitative estimate of drug-likeness (QED) is 0.510. The standard InChI is InChI=1S/C20H19F4N3O2/c1-13(14-2-5-16(6-3-14)27-9-8-25-12-27)26-11-15-4-7-17(28-19(21)22)10-18(15)29-20(23)24/h2-10,12-13,19-20,26H,11H2,1H3/t13-/m0/s1. The van der Waals surface area contributed by atoms with E-state index in [1.54, 1.807) is 12.5 Å². The van der Waals surface area contributed by atoms with Crippen molar-refractivity contribution in [3.63, 3.8) is 0 Å². The van der Waals surface area contributed by atoms with Crippen molar-refractivity contribution in [3.05, 3.63) is 72.3 Å². The van der Waals surface area contributed by atoms with E-state index in [2.05, 4.69) is 19.8 Å². The number of aromatic nitrogens is 2. The Morgan fingerprint density at radius 2 is 1.72 bits per heavy atom. The number of hydrogen-bond donors (Lipinski definition) is 1. The van der Waals surface area contributed by atoms with Gasteiger partial charge in [0, 0.05) is 42.3 Å². The van der Waals surface area contributed by atoms with Gasteiger partial charge in [0.25, 0.3) is 0 Å². The molecule has 9 heteroatoms. The zero-order valence-electron chi connectivity index (χ0n) is 15.4. The highest BCUT2D eigenvalue weighted by molar-refractivity contribution is 5.41. The normalized spacial score (nSPS) is 12.4. The number of nitrogens with one attached hydrogen (secondary N) is 1. The Kier molecular flexibility index (Phi) is 6.71. The summed E-state index contributed by atoms with van der Waals surface area (Å²) in [5.74, 6) is -0.462. The molecule has 0 amide bonds. The van der Waals surface area contributed by atoms with E-state index in [-0.39, 0.29) is 24.1 Å². The molecule has 5 nitrogen and oxygen atoms in total. The monoisotopic (exact) mass is 409 g/mol. The third kappa shape index (κ3) is 5.71. The fourth-order valence-electron chi connectivity index (χ4n) is 2.79. The van der Waals surface area contributed by atoms with Crippen LogP contribution in [0.2, 0.25) is 0 Å². The second-order valence-electron chi connectivity index (χ2n) is 6.19. The second kappa shape index (κ2) is 9.42. The minimum absolute atomic E-state index is 0.0942. The fraction of sp³-hybridized carbons (Fsp3) is 0.250. The average molecular weight is 409 g/mol. The van der Waals surface area contributed by atoms with Crippen molar-refractivity contribution in [3.8, 4) is 17.2 Å². The first-order valence-electron chi connectivity index (χ1n) is 8.76. The number of benzene rings is 2. The van der Waals surface area contributed by atoms with Gasteiger partial charge in [-0.25, -0.2) is 4.98 Å². The van der Waals surface area contributed by atoms with E-state index in [1.807, 2.05) is 42.0 Å². The van der Waals surface area contributed by atoms with Gasteiger partial charge in [0.2, 0.25) is 0 Å². The molecule has 1 aromatic heterocycles. The number of ether oxygens (including phenoxy) is 2. The molecule has 0 spiro atoms. The van der Waals surface area contributed by atoms with Gasteiger partial charge in [-0.2, -0.15) is 17.6 Å². The van der Waals surface area contributed by atoms with Crippen LogP contribution in [0.1, 0.15) is 24.1 Å². The van der Waals surface area contributed by atoms with Crippen LogP contribution in [-0.2, 0) is 6.54 Å². The highest BCUT2D eigenvalue weighted by Gasteiger charge is 2.14. The lowest BCUT2D eigenvalue weighted by Gasteiger charge is -2.17. The molecule has 0 saturated heterocycles. The molecule has 0 unspecified atom stereocenters. The molecule has 0 radical (unpaired) electrons. The van der Waals surface area contributed by atoms with Crippen molar-refractivity contribution in [2.24, 2.45) is 0 Å². The zero-order chi connectivity index (χ0) is 20.8. The summed E-state index contributed by atoms with van der Waals surface area (Å²) < 4.78 is 60.6. The van der Waals surface area contributed by atoms with Crippen LogP contribution in [0.15, 0.2) is 61.2 Å². The highest BCUT2D eigenvalue weighted by atomic mass is 19.3. The molecule has 1 heterocycles. The Balaban J connectivity index is 1.67. The molecule has 0 bridgehead atoms. The molecule has 1 atom stereocenters. The molecule has 0 saturated carbocycles. The SMILES string of the molecule is C[C@H](NCc1ccc(OC(F)F)cc1OC(F)F)c1ccc(-n2ccnc2)cc1. The predicted molar refractivity (Wildman–Crippen MR) is 98.5 cm³/mol. The molecule has 1 N–H and O–H groups in total. The first-order chi connectivity index (χ1) is 13.9. The lowest BCUT2D eigenvalue weighted by molar-refractivity contribution is -0.0547. The van der Waals surface area contributed by atoms with Crippen molar-refractivity contribution < 1.29 is 27.0 Å². The third-order valence-corrected chi connectivity index (χ3v) is 4.27. The third-order valence-electron chi connectivity index (χ3n) is 4.27. The summed E-state index contributed by atoms with van der Waals surface area (Å²) in [6, 6.07) is 11.4. The summed E-state index contributed by atoms with van der Waals surface area (Å²) in [5.41, 5.74) is 2.34. The molecular formula is C20H19F4N3O2. The van der Waals surface area contributed by atoms with E-state index in [4.69, 9.17) is 0 Å². The second-order valence-corrected chi connectivity index (χ2v) is 6.19. The molecule has 154 valence electrons. The van der Waals surface area contributed by atoms with E-state index in [0.29, 0.717) is 5.56 Å². The van der Waals surface area contributed by atoms with Crippen molar-refractivity contribution >= 4 is 0 Å². The zero-order valence-corrected chi connectivity index (χ0v) is 15.4. The number of alkyl halides is 4. The molecule has 0 aliphatic heterocycles. The van der Waals surface area contributed by atoms with Gasteiger partial charge >= 0.3 is 13.2 Å². The number of nitrogens with zero attached hydrogens (tertiary/aromatic N) is 2. The number of rotatable bonds is 9. The van der Waals surface area contributed by atoms with Gasteiger partial charge < -0.3 is 19.4 Å². The van der Waals surface area contributed by atoms with Crippen LogP contribution < -0.4 is 14.8 Å². The lowest BCUT2D eigenvalue weighted by atomic mass is 10.1. The predicted octanol–water partition coefficient (Wildman–Crippen LogP) is 4.93. The van der Waals surface area contributed by atoms with Crippen LogP contribution >= 0.6 is 0 Å². The summed E-state index contributed by atoms with van der Waals surface area (Å²) in [4.78, 5) is 4.00. The van der Waals surface area contributed by atoms with Crippen molar-refractivity contribution in [2.45, 2.75) is 32.7 Å². The highest BCUT2D eigenvalue weighted by Crippen LogP contribution is 2.28. The van der Waals surface area contributed by atoms with Crippen LogP contribution in [0.3, 0.4) is 0 Å². The minimum atomic E-state index is -3.08. The lowest BCUT2D eigenvalue weighted by Crippen LogP contribution is -2.19. The van der Waals surface area contributed by atoms with Gasteiger partial charge in [0.05, 0.1) is 6.33 Å². The van der Waals surface area contributed by atoms with Gasteiger partial charge in [-0.05, 0) is 30.7 Å². The van der Waals surface area contributed by atoms with E-state index < -0.39 is 13.2 Å². The maximum absolute atomic E-state index is 12.7. The average Bonchev–Trinajstić information content (AvgIpc) is 3.21. The molecule has 3 rings (SSSR count). The molecule has 0 aliphatic rings. The minimum Gasteiger partial charge on any atom is -0.435 e. The maximum Gasteiger partial charge on any atom is 0.387 e. The first kappa shape index (κ1) is 20.7. The molecule has 0 aliphatic carbocycles. The Hall–Kier alpha value is -3.07. The van der Waals surface area contributed by atoms with Crippen molar-refractivity contribution in [2.75, 3.05) is 0 Å². The van der Waals surface area contributed by atoms with Gasteiger partial charge in [-0.15, -0.1) is 0 Å². The summed E-state index contributed by atoms with van der Waals surface area (Å²) in [5, 5.41) is 3.21. The molecule has 29 heavy (non-hydrogen) atoms. The number of hydrogen-bond acceptors (Lipinski definition) is 4. The topological polar surface area (TPSA) is 48.3 Å². The Morgan fingerprint density at radius 1 is 1.00 bits per heavy atom. The largest absolute Gasteiger partial charge is 0.435 e. The fourth-order valence-corrected chi connectivity index (χ4v) is 2.79. The van der Waals surface area contributed by atoms with Crippen LogP contribution in [-0.4, -0.2) is 22.8 Å². The van der Waals surface area contributed by atoms with Gasteiger partial charge in [0.1, 0.15) is 11.5 Å². The number of imidazole rings is 1. The Bertz CT molecular complexity index is 903. The van der Waals surface area contributed by atoms with Crippen LogP contribution in [0.4, 0.5) is 17.6 Å². The maximum atomic E-state index is 12.7. The van der Waals surface area contributed by atoms with E-state index in [0.717, 1.165) is 17.3 Å². The Morgan fingerprint density at radius 3 is 2.34 bits per heavy atom. The van der Waals surface area contributed by atoms with E-state index in [1.165, 1.54) is 12.1 Å². The van der Waals surface area contributed by atoms with Crippen LogP contribution in [0, 0.1) is 0 Å². The van der Waals surface area contributed by atoms with E-state index in [9.17, 15) is 17.6 Å². The molecule has 2 aromatic carbocycles. The molecular weight excluding hydrogens is 390 g/mol. The van der Waals surface area contributed by atoms with Gasteiger partial charge in [-0.1, -0.05) is 18.2 Å². The number of halogens is 4. The van der Waals surface area contributed by atoms with Crippen molar-refractivity contribution in [1.82, 2.24) is 14.9 Å². The van der Waals surface area contributed by atoms with Crippen LogP contribution in [0.25, 0.3) is 5.69 Å². The van der Waals surface area contributed by atoms with Gasteiger partial charge in [-0.3, -0.25) is 0 Å². The Labute approximate surface area is 164 Å². The smallest absolute Gasteiger partial charge is 0.387 e. The van der Waals surface area contributed by atoms with Gasteiger partial charge in [0.15, 0.2) is 0 Å². The summed E-state index contributed by atoms with van der Waals surface area (Å²) in [7, 11) is 0. The first-order valence-corrected chi connectivity index (χ1v) is 8.76. The molecule has 0 fully saturated rings. The summed E-state index contributed by atoms with van der Waals surface area (Å²) >= 11 is 0. The summed E-state index contributed by atoms with van der Waals surface area (Å²) in [6.45, 7) is -4.01. The van der Waals surface area contributed by atoms with Crippen LogP contribution in [0.5, 0.6) is 11.5 Å².